The van der Waals surface area contributed by atoms with E-state index in [-0.39, 0.29) is 84.0 Å². The number of methoxy groups -OCH3 is 2. The zero-order chi connectivity index (χ0) is 58.7. The fraction of sp³-hybridized carbons (Fsp3) is 0.654. The van der Waals surface area contributed by atoms with Crippen LogP contribution in [0.25, 0.3) is 11.6 Å². The molecule has 6 amide bonds. The minimum atomic E-state index is -4.39. The normalized spacial score (nSPS) is 17.2. The number of aliphatic hydroxyl groups is 1. The number of rotatable bonds is 31. The Morgan fingerprint density at radius 1 is 0.823 bits per heavy atom. The van der Waals surface area contributed by atoms with Gasteiger partial charge in [-0.15, -0.1) is 20.4 Å². The van der Waals surface area contributed by atoms with Gasteiger partial charge in [-0.3, -0.25) is 33.3 Å². The molecule has 1 aromatic carbocycles. The topological polar surface area (TPSA) is 322 Å². The highest BCUT2D eigenvalue weighted by molar-refractivity contribution is 8.76. The van der Waals surface area contributed by atoms with Gasteiger partial charge in [0, 0.05) is 59.2 Å². The molecule has 79 heavy (non-hydrogen) atoms. The lowest BCUT2D eigenvalue weighted by Crippen LogP contribution is -2.60. The number of aliphatic hydroxyl groups excluding tert-OH is 1. The molecule has 3 aromatic rings. The number of hydrogen-bond donors (Lipinski definition) is 6. The van der Waals surface area contributed by atoms with Gasteiger partial charge in [0.05, 0.1) is 66.9 Å². The highest BCUT2D eigenvalue weighted by Gasteiger charge is 2.44. The van der Waals surface area contributed by atoms with Gasteiger partial charge in [0.1, 0.15) is 18.2 Å². The molecule has 0 unspecified atom stereocenters. The van der Waals surface area contributed by atoms with E-state index in [0.29, 0.717) is 48.6 Å². The largest absolute Gasteiger partial charge is 0.386 e. The molecule has 27 heteroatoms. The van der Waals surface area contributed by atoms with Crippen molar-refractivity contribution in [1.29, 1.82) is 0 Å². The predicted molar refractivity (Wildman–Crippen MR) is 300 cm³/mol. The summed E-state index contributed by atoms with van der Waals surface area (Å²) in [7, 11) is 4.71. The molecule has 0 saturated carbocycles. The number of carbonyl (C=O) groups excluding carboxylic acids is 6. The molecular weight excluding hydrogens is 1080 g/mol. The van der Waals surface area contributed by atoms with Crippen molar-refractivity contribution in [2.75, 3.05) is 51.7 Å². The lowest BCUT2D eigenvalue weighted by molar-refractivity contribution is -0.148. The minimum absolute atomic E-state index is 0.0387. The monoisotopic (exact) mass is 1160 g/mol. The Kier molecular flexibility index (Phi) is 26.6. The smallest absolute Gasteiger partial charge is 0.333 e. The first-order valence-corrected chi connectivity index (χ1v) is 30.8. The Balaban J connectivity index is 1.30. The van der Waals surface area contributed by atoms with Crippen molar-refractivity contribution >= 4 is 70.3 Å². The lowest BCUT2D eigenvalue weighted by atomic mass is 9.89. The molecule has 1 fully saturated rings. The number of aromatic nitrogens is 6. The first-order chi connectivity index (χ1) is 37.3. The first-order valence-electron chi connectivity index (χ1n) is 26.5. The van der Waals surface area contributed by atoms with E-state index in [9.17, 15) is 38.4 Å². The summed E-state index contributed by atoms with van der Waals surface area (Å²) in [6.45, 7) is 15.3. The maximum Gasteiger partial charge on any atom is 0.333 e. The van der Waals surface area contributed by atoms with Gasteiger partial charge in [-0.1, -0.05) is 107 Å². The number of likely N-dealkylation sites (tertiary alicyclic amines) is 1. The SMILES string of the molecule is CC[C@H](C)[C@@H]([C@@H](CC(=O)N1CCC[C@H]1[C@H](OC)[C@@H](C)C(=O)N[C@H](C)[C@@H](O)c1ccccc1)OC)N(C)C(=O)[C@@H](NC(=O)[C@H](C(C)C)N(C)C(=O)CCSSCCC(=O)Nc1cnc(-c2nnc(CP(=O)(O)O)nn2)nc1)C(C)C. The highest BCUT2D eigenvalue weighted by Crippen LogP contribution is 2.37. The third kappa shape index (κ3) is 19.5. The van der Waals surface area contributed by atoms with E-state index >= 15 is 0 Å². The van der Waals surface area contributed by atoms with Gasteiger partial charge in [0.25, 0.3) is 0 Å². The van der Waals surface area contributed by atoms with E-state index in [1.54, 1.807) is 49.9 Å². The summed E-state index contributed by atoms with van der Waals surface area (Å²) in [5.74, 6) is -2.83. The number of benzene rings is 1. The molecule has 6 N–H and O–H groups in total. The Hall–Kier alpha value is -5.21. The molecule has 24 nitrogen and oxygen atoms in total. The maximum absolute atomic E-state index is 14.7. The molecular formula is C52H81N12O12PS2. The van der Waals surface area contributed by atoms with E-state index in [0.717, 1.165) is 0 Å². The number of anilines is 1. The maximum atomic E-state index is 14.7. The first kappa shape index (κ1) is 66.3. The average molecular weight is 1160 g/mol. The number of nitrogens with zero attached hydrogens (tertiary/aromatic N) is 9. The summed E-state index contributed by atoms with van der Waals surface area (Å²) in [4.78, 5) is 114. The Morgan fingerprint density at radius 3 is 2.00 bits per heavy atom. The number of carbonyl (C=O) groups is 6. The van der Waals surface area contributed by atoms with Crippen molar-refractivity contribution in [3.8, 4) is 11.6 Å². The van der Waals surface area contributed by atoms with Crippen molar-refractivity contribution in [3.05, 3.63) is 54.1 Å². The summed E-state index contributed by atoms with van der Waals surface area (Å²) in [5, 5.41) is 34.3. The Bertz CT molecular complexity index is 2500. The van der Waals surface area contributed by atoms with Gasteiger partial charge in [0.15, 0.2) is 5.82 Å². The molecule has 0 aliphatic carbocycles. The molecule has 1 aliphatic heterocycles. The van der Waals surface area contributed by atoms with Gasteiger partial charge in [-0.2, -0.15) is 0 Å². The molecule has 0 radical (unpaired) electrons. The second-order valence-electron chi connectivity index (χ2n) is 20.6. The molecule has 4 rings (SSSR count). The number of hydrogen-bond acceptors (Lipinski definition) is 18. The van der Waals surface area contributed by atoms with E-state index in [4.69, 9.17) is 19.3 Å². The molecule has 438 valence electrons. The summed E-state index contributed by atoms with van der Waals surface area (Å²) in [6, 6.07) is 5.64. The second kappa shape index (κ2) is 31.7. The zero-order valence-electron chi connectivity index (χ0n) is 47.3. The number of ether oxygens (including phenoxy) is 2. The number of likely N-dealkylation sites (N-methyl/N-ethyl adjacent to an activating group) is 2. The molecule has 3 heterocycles. The summed E-state index contributed by atoms with van der Waals surface area (Å²) in [5.41, 5.74) is 0.990. The fourth-order valence-electron chi connectivity index (χ4n) is 9.61. The third-order valence-corrected chi connectivity index (χ3v) is 17.2. The molecule has 1 aliphatic rings. The van der Waals surface area contributed by atoms with Crippen LogP contribution in [-0.2, 0) is 49.0 Å². The van der Waals surface area contributed by atoms with Crippen LogP contribution < -0.4 is 16.0 Å². The van der Waals surface area contributed by atoms with Crippen molar-refractivity contribution in [3.63, 3.8) is 0 Å². The van der Waals surface area contributed by atoms with Crippen LogP contribution in [0.5, 0.6) is 0 Å². The molecule has 0 bridgehead atoms. The van der Waals surface area contributed by atoms with Crippen LogP contribution in [0.2, 0.25) is 0 Å². The van der Waals surface area contributed by atoms with Crippen LogP contribution in [-0.4, -0.2) is 184 Å². The minimum Gasteiger partial charge on any atom is -0.386 e. The quantitative estimate of drug-likeness (QED) is 0.0297. The van der Waals surface area contributed by atoms with Gasteiger partial charge in [0.2, 0.25) is 47.1 Å². The van der Waals surface area contributed by atoms with Crippen LogP contribution in [0.1, 0.15) is 111 Å². The summed E-state index contributed by atoms with van der Waals surface area (Å²) >= 11 is 0. The van der Waals surface area contributed by atoms with Gasteiger partial charge < -0.3 is 55.0 Å². The highest BCUT2D eigenvalue weighted by atomic mass is 33.1. The van der Waals surface area contributed by atoms with Gasteiger partial charge in [-0.05, 0) is 43.1 Å². The van der Waals surface area contributed by atoms with Crippen LogP contribution in [0.15, 0.2) is 42.7 Å². The van der Waals surface area contributed by atoms with E-state index < -0.39 is 74.1 Å². The van der Waals surface area contributed by atoms with E-state index in [2.05, 4.69) is 46.3 Å². The second-order valence-corrected chi connectivity index (χ2v) is 25.0. The number of nitrogens with one attached hydrogen (secondary N) is 3. The molecule has 0 spiro atoms. The summed E-state index contributed by atoms with van der Waals surface area (Å²) in [6.07, 6.45) is 1.85. The van der Waals surface area contributed by atoms with Crippen LogP contribution >= 0.6 is 29.2 Å². The van der Waals surface area contributed by atoms with E-state index in [1.165, 1.54) is 53.1 Å². The summed E-state index contributed by atoms with van der Waals surface area (Å²) < 4.78 is 23.2. The Morgan fingerprint density at radius 2 is 1.44 bits per heavy atom. The van der Waals surface area contributed by atoms with Crippen LogP contribution in [0.3, 0.4) is 0 Å². The third-order valence-electron chi connectivity index (χ3n) is 14.1. The van der Waals surface area contributed by atoms with Gasteiger partial charge in [-0.25, -0.2) is 9.97 Å². The van der Waals surface area contributed by atoms with Gasteiger partial charge >= 0.3 is 7.60 Å². The molecule has 2 aromatic heterocycles. The molecule has 1 saturated heterocycles. The van der Waals surface area contributed by atoms with Crippen LogP contribution in [0.4, 0.5) is 5.69 Å². The average Bonchev–Trinajstić information content (AvgIpc) is 3.92. The molecule has 10 atom stereocenters. The van der Waals surface area contributed by atoms with Crippen molar-refractivity contribution in [1.82, 2.24) is 55.7 Å². The van der Waals surface area contributed by atoms with E-state index in [1.807, 2.05) is 59.7 Å². The predicted octanol–water partition coefficient (Wildman–Crippen LogP) is 4.28. The van der Waals surface area contributed by atoms with Crippen molar-refractivity contribution in [2.45, 2.75) is 149 Å². The lowest BCUT2D eigenvalue weighted by Gasteiger charge is -2.41. The Labute approximate surface area is 471 Å². The van der Waals surface area contributed by atoms with Crippen molar-refractivity contribution < 1.29 is 57.7 Å². The van der Waals surface area contributed by atoms with Crippen molar-refractivity contribution in [2.24, 2.45) is 23.7 Å². The fourth-order valence-corrected chi connectivity index (χ4v) is 12.1. The number of amides is 6. The standard InChI is InChI=1S/C52H81N12O12PS2/c1-13-32(6)45(38(75-11)26-42(67)64-23-17-20-37(64)47(76-12)33(7)50(69)55-34(8)46(68)35-18-15-14-16-19-35)63(10)52(71)43(30(2)3)57-51(70)44(31(4)5)62(9)41(66)22-25-79-78-24-21-40(65)56-36-27-53-48(54-28-36)49-60-58-39(59-61-49)29-77(72,73)74/h14-16,18-19,27-28,30-34,37-38,43-47,68H,13,17,20-26,29H2,1-12H3,(H,55,69)(H,56,65)(H,57,70)(H2,72,73,74)/t32-,33+,34+,37-,38+,43-,44-,45-,46+,47+/m0/s1. The van der Waals surface area contributed by atoms with Crippen LogP contribution in [0, 0.1) is 23.7 Å². The zero-order valence-corrected chi connectivity index (χ0v) is 49.9.